The number of amides is 2. The molecule has 5 atom stereocenters. The fourth-order valence-corrected chi connectivity index (χ4v) is 5.66. The molecule has 0 radical (unpaired) electrons. The van der Waals surface area contributed by atoms with Gasteiger partial charge in [0.1, 0.15) is 6.61 Å². The predicted octanol–water partition coefficient (Wildman–Crippen LogP) is 3.39. The molecule has 0 saturated heterocycles. The van der Waals surface area contributed by atoms with E-state index < -0.39 is 36.3 Å². The number of aliphatic hydroxyl groups is 2. The number of alkyl carbamates (subject to hydrolysis) is 1. The predicted molar refractivity (Wildman–Crippen MR) is 173 cm³/mol. The summed E-state index contributed by atoms with van der Waals surface area (Å²) in [6.07, 6.45) is -1.24. The molecular weight excluding hydrogens is 588 g/mol. The monoisotopic (exact) mass is 634 g/mol. The van der Waals surface area contributed by atoms with Crippen LogP contribution in [-0.4, -0.2) is 87.2 Å². The third-order valence-corrected chi connectivity index (χ3v) is 8.05. The zero-order chi connectivity index (χ0) is 32.6. The van der Waals surface area contributed by atoms with Crippen LogP contribution >= 0.6 is 0 Å². The summed E-state index contributed by atoms with van der Waals surface area (Å²) in [4.78, 5) is 26.6. The molecule has 2 amide bonds. The summed E-state index contributed by atoms with van der Waals surface area (Å²) in [7, 11) is 1.61. The van der Waals surface area contributed by atoms with Crippen LogP contribution in [0.15, 0.2) is 84.9 Å². The minimum absolute atomic E-state index is 0.0300. The molecule has 0 bridgehead atoms. The van der Waals surface area contributed by atoms with Gasteiger partial charge in [0.2, 0.25) is 5.91 Å². The Bertz CT molecular complexity index is 1330. The molecule has 10 heteroatoms. The Balaban J connectivity index is 1.40. The van der Waals surface area contributed by atoms with E-state index in [1.54, 1.807) is 7.11 Å². The van der Waals surface area contributed by atoms with Gasteiger partial charge in [-0.3, -0.25) is 4.79 Å². The number of aliphatic hydroxyl groups excluding tert-OH is 2. The van der Waals surface area contributed by atoms with Crippen LogP contribution in [-0.2, 0) is 43.0 Å². The van der Waals surface area contributed by atoms with E-state index in [1.165, 1.54) is 0 Å². The van der Waals surface area contributed by atoms with E-state index in [2.05, 4.69) is 10.6 Å². The third kappa shape index (κ3) is 11.2. The van der Waals surface area contributed by atoms with Gasteiger partial charge < -0.3 is 39.8 Å². The van der Waals surface area contributed by atoms with Crippen LogP contribution in [0.1, 0.15) is 34.7 Å². The number of rotatable bonds is 19. The summed E-state index contributed by atoms with van der Waals surface area (Å²) >= 11 is 0. The second-order valence-corrected chi connectivity index (χ2v) is 11.4. The lowest BCUT2D eigenvalue weighted by Gasteiger charge is -2.28. The van der Waals surface area contributed by atoms with Gasteiger partial charge in [0.05, 0.1) is 57.3 Å². The van der Waals surface area contributed by atoms with Crippen molar-refractivity contribution in [2.75, 3.05) is 46.8 Å². The highest BCUT2D eigenvalue weighted by molar-refractivity contribution is 5.80. The van der Waals surface area contributed by atoms with E-state index in [0.717, 1.165) is 22.3 Å². The van der Waals surface area contributed by atoms with Gasteiger partial charge in [-0.15, -0.1) is 0 Å². The molecule has 0 fully saturated rings. The van der Waals surface area contributed by atoms with E-state index in [1.807, 2.05) is 84.9 Å². The topological polar surface area (TPSA) is 136 Å². The van der Waals surface area contributed by atoms with E-state index in [-0.39, 0.29) is 25.5 Å². The van der Waals surface area contributed by atoms with Crippen molar-refractivity contribution in [3.63, 3.8) is 0 Å². The zero-order valence-electron chi connectivity index (χ0n) is 26.4. The number of hydrogen-bond acceptors (Lipinski definition) is 8. The molecular formula is C36H46N2O8. The van der Waals surface area contributed by atoms with Crippen molar-refractivity contribution in [1.29, 1.82) is 0 Å². The minimum Gasteiger partial charge on any atom is -0.447 e. The lowest BCUT2D eigenvalue weighted by molar-refractivity contribution is -0.127. The second kappa shape index (κ2) is 19.0. The Labute approximate surface area is 271 Å². The Morgan fingerprint density at radius 2 is 1.39 bits per heavy atom. The van der Waals surface area contributed by atoms with Crippen molar-refractivity contribution in [2.24, 2.45) is 5.92 Å². The van der Waals surface area contributed by atoms with E-state index in [0.29, 0.717) is 45.7 Å². The molecule has 4 N–H and O–H groups in total. The maximum atomic E-state index is 13.8. The first-order valence-electron chi connectivity index (χ1n) is 15.8. The molecule has 4 rings (SSSR count). The molecule has 10 nitrogen and oxygen atoms in total. The number of ether oxygens (including phenoxy) is 4. The maximum absolute atomic E-state index is 13.8. The number of fused-ring (bicyclic) bond motifs is 1. The number of benzene rings is 3. The van der Waals surface area contributed by atoms with Crippen LogP contribution < -0.4 is 10.6 Å². The first-order valence-corrected chi connectivity index (χ1v) is 15.8. The van der Waals surface area contributed by atoms with Crippen molar-refractivity contribution in [3.05, 3.63) is 107 Å². The lowest BCUT2D eigenvalue weighted by Crippen LogP contribution is -2.47. The van der Waals surface area contributed by atoms with Gasteiger partial charge in [0.25, 0.3) is 0 Å². The molecule has 0 aliphatic heterocycles. The molecule has 248 valence electrons. The van der Waals surface area contributed by atoms with Crippen molar-refractivity contribution in [3.8, 4) is 0 Å². The van der Waals surface area contributed by atoms with Crippen molar-refractivity contribution >= 4 is 12.0 Å². The molecule has 0 unspecified atom stereocenters. The van der Waals surface area contributed by atoms with Crippen LogP contribution in [0.25, 0.3) is 0 Å². The highest BCUT2D eigenvalue weighted by atomic mass is 16.6. The summed E-state index contributed by atoms with van der Waals surface area (Å²) < 4.78 is 21.0. The lowest BCUT2D eigenvalue weighted by atomic mass is 9.88. The quantitative estimate of drug-likeness (QED) is 0.148. The maximum Gasteiger partial charge on any atom is 0.407 e. The average Bonchev–Trinajstić information content (AvgIpc) is 3.38. The van der Waals surface area contributed by atoms with E-state index in [9.17, 15) is 19.8 Å². The largest absolute Gasteiger partial charge is 0.447 e. The summed E-state index contributed by atoms with van der Waals surface area (Å²) in [6, 6.07) is 25.6. The number of carbonyl (C=O) groups excluding carboxylic acids is 2. The number of hydrogen-bond donors (Lipinski definition) is 4. The molecule has 0 saturated carbocycles. The molecule has 46 heavy (non-hydrogen) atoms. The molecule has 0 spiro atoms. The third-order valence-electron chi connectivity index (χ3n) is 8.05. The van der Waals surface area contributed by atoms with Crippen molar-refractivity contribution in [1.82, 2.24) is 10.6 Å². The molecule has 0 aromatic heterocycles. The molecule has 3 aromatic rings. The fourth-order valence-electron chi connectivity index (χ4n) is 5.66. The zero-order valence-corrected chi connectivity index (χ0v) is 26.4. The van der Waals surface area contributed by atoms with Gasteiger partial charge in [0.15, 0.2) is 0 Å². The Morgan fingerprint density at radius 3 is 2.07 bits per heavy atom. The Morgan fingerprint density at radius 1 is 0.804 bits per heavy atom. The van der Waals surface area contributed by atoms with Gasteiger partial charge in [-0.05, 0) is 41.5 Å². The highest BCUT2D eigenvalue weighted by Crippen LogP contribution is 2.32. The summed E-state index contributed by atoms with van der Waals surface area (Å²) in [6.45, 7) is 1.98. The van der Waals surface area contributed by atoms with Crippen LogP contribution in [0.2, 0.25) is 0 Å². The van der Waals surface area contributed by atoms with Gasteiger partial charge in [-0.2, -0.15) is 0 Å². The second-order valence-electron chi connectivity index (χ2n) is 11.4. The van der Waals surface area contributed by atoms with Gasteiger partial charge >= 0.3 is 6.09 Å². The van der Waals surface area contributed by atoms with Crippen molar-refractivity contribution < 1.29 is 38.7 Å². The fraction of sp³-hybridized carbons (Fsp3) is 0.444. The first kappa shape index (κ1) is 35.1. The summed E-state index contributed by atoms with van der Waals surface area (Å²) in [5, 5.41) is 28.2. The number of nitrogens with one attached hydrogen (secondary N) is 2. The number of carbonyl (C=O) groups is 2. The standard InChI is InChI=1S/C36H46N2O8/c1-43-16-17-44-18-19-45-20-21-46-36(42)37-31(23-27-12-6-3-7-13-27)32(39)25-29(22-26-10-4-2-5-11-26)35(41)38-34-30-15-9-8-14-28(30)24-33(34)40/h2-15,29,31-34,39-40H,16-25H2,1H3,(H,37,42)(H,38,41)/t29-,31+,32+,33-,34+/m1/s1. The number of methoxy groups -OCH3 is 1. The van der Waals surface area contributed by atoms with Crippen LogP contribution in [0.3, 0.4) is 0 Å². The molecule has 3 aromatic carbocycles. The van der Waals surface area contributed by atoms with Crippen LogP contribution in [0, 0.1) is 5.92 Å². The molecule has 1 aliphatic rings. The Kier molecular flexibility index (Phi) is 14.5. The van der Waals surface area contributed by atoms with Gasteiger partial charge in [-0.1, -0.05) is 84.9 Å². The van der Waals surface area contributed by atoms with Crippen LogP contribution in [0.4, 0.5) is 4.79 Å². The molecule has 1 aliphatic carbocycles. The van der Waals surface area contributed by atoms with E-state index in [4.69, 9.17) is 18.9 Å². The van der Waals surface area contributed by atoms with Gasteiger partial charge in [-0.25, -0.2) is 4.79 Å². The van der Waals surface area contributed by atoms with Crippen molar-refractivity contribution in [2.45, 2.75) is 50.0 Å². The average molecular weight is 635 g/mol. The normalized spacial score (nSPS) is 17.5. The van der Waals surface area contributed by atoms with E-state index >= 15 is 0 Å². The minimum atomic E-state index is -1.08. The summed E-state index contributed by atoms with van der Waals surface area (Å²) in [5.41, 5.74) is 3.76. The Hall–Kier alpha value is -3.80. The smallest absolute Gasteiger partial charge is 0.407 e. The SMILES string of the molecule is COCCOCCOCCOC(=O)N[C@@H](Cc1ccccc1)[C@@H](O)C[C@@H](Cc1ccccc1)C(=O)N[C@H]1c2ccccc2C[C@H]1O. The van der Waals surface area contributed by atoms with Crippen LogP contribution in [0.5, 0.6) is 0 Å². The first-order chi connectivity index (χ1) is 22.4. The molecule has 0 heterocycles. The highest BCUT2D eigenvalue weighted by Gasteiger charge is 2.35. The summed E-state index contributed by atoms with van der Waals surface area (Å²) in [5.74, 6) is -0.902. The van der Waals surface area contributed by atoms with Gasteiger partial charge in [0, 0.05) is 19.4 Å².